The normalized spacial score (nSPS) is 12.1. The Bertz CT molecular complexity index is 892. The van der Waals surface area contributed by atoms with E-state index in [1.54, 1.807) is 28.6 Å². The lowest BCUT2D eigenvalue weighted by Gasteiger charge is -2.22. The average molecular weight is 404 g/mol. The molecule has 0 amide bonds. The zero-order valence-electron chi connectivity index (χ0n) is 16.1. The lowest BCUT2D eigenvalue weighted by atomic mass is 10.3. The van der Waals surface area contributed by atoms with Crippen LogP contribution in [0.3, 0.4) is 0 Å². The van der Waals surface area contributed by atoms with Gasteiger partial charge in [0.25, 0.3) is 0 Å². The van der Waals surface area contributed by atoms with E-state index in [9.17, 15) is 8.42 Å². The second kappa shape index (κ2) is 10.5. The Labute approximate surface area is 165 Å². The van der Waals surface area contributed by atoms with Gasteiger partial charge in [-0.2, -0.15) is 14.8 Å². The third-order valence-electron chi connectivity index (χ3n) is 4.10. The van der Waals surface area contributed by atoms with Crippen LogP contribution in [0.5, 0.6) is 0 Å². The third kappa shape index (κ3) is 5.61. The molecule has 0 aliphatic rings. The molecule has 28 heavy (non-hydrogen) atoms. The van der Waals surface area contributed by atoms with Crippen LogP contribution in [0.25, 0.3) is 5.57 Å². The molecule has 2 aromatic rings. The molecule has 1 aromatic heterocycles. The SMILES string of the molecule is CCCCN(CCCC)S(=O)(=O)c1ccc(NC=C(C#N)c2nn[nH]n2)cc1. The summed E-state index contributed by atoms with van der Waals surface area (Å²) in [4.78, 5) is 0.257. The first-order valence-electron chi connectivity index (χ1n) is 9.23. The second-order valence-corrected chi connectivity index (χ2v) is 8.12. The molecule has 10 heteroatoms. The van der Waals surface area contributed by atoms with Gasteiger partial charge >= 0.3 is 0 Å². The van der Waals surface area contributed by atoms with Crippen LogP contribution in [-0.2, 0) is 10.0 Å². The number of hydrogen-bond donors (Lipinski definition) is 2. The van der Waals surface area contributed by atoms with Crippen molar-refractivity contribution in [1.29, 1.82) is 5.26 Å². The highest BCUT2D eigenvalue weighted by Crippen LogP contribution is 2.20. The zero-order chi connectivity index (χ0) is 20.4. The molecule has 150 valence electrons. The van der Waals surface area contributed by atoms with Crippen LogP contribution in [0.2, 0.25) is 0 Å². The number of tetrazole rings is 1. The van der Waals surface area contributed by atoms with Crippen molar-refractivity contribution in [1.82, 2.24) is 24.9 Å². The Hall–Kier alpha value is -2.77. The van der Waals surface area contributed by atoms with Crippen molar-refractivity contribution in [2.24, 2.45) is 0 Å². The predicted octanol–water partition coefficient (Wildman–Crippen LogP) is 2.77. The first-order valence-corrected chi connectivity index (χ1v) is 10.7. The number of allylic oxidation sites excluding steroid dienone is 1. The molecule has 0 aliphatic carbocycles. The number of nitrogens with zero attached hydrogens (tertiary/aromatic N) is 5. The van der Waals surface area contributed by atoms with Crippen molar-refractivity contribution in [2.75, 3.05) is 18.4 Å². The van der Waals surface area contributed by atoms with Gasteiger partial charge in [-0.1, -0.05) is 26.7 Å². The van der Waals surface area contributed by atoms with E-state index in [4.69, 9.17) is 5.26 Å². The number of sulfonamides is 1. The molecule has 9 nitrogen and oxygen atoms in total. The molecule has 0 bridgehead atoms. The van der Waals surface area contributed by atoms with Crippen molar-refractivity contribution in [2.45, 2.75) is 44.4 Å². The van der Waals surface area contributed by atoms with Gasteiger partial charge in [0, 0.05) is 25.0 Å². The van der Waals surface area contributed by atoms with Crippen LogP contribution in [-0.4, -0.2) is 46.4 Å². The van der Waals surface area contributed by atoms with Gasteiger partial charge in [-0.05, 0) is 42.3 Å². The van der Waals surface area contributed by atoms with E-state index >= 15 is 0 Å². The van der Waals surface area contributed by atoms with Crippen molar-refractivity contribution >= 4 is 21.3 Å². The maximum Gasteiger partial charge on any atom is 0.243 e. The summed E-state index contributed by atoms with van der Waals surface area (Å²) >= 11 is 0. The maximum atomic E-state index is 12.9. The minimum Gasteiger partial charge on any atom is -0.360 e. The van der Waals surface area contributed by atoms with Crippen molar-refractivity contribution in [3.8, 4) is 6.07 Å². The molecule has 0 saturated heterocycles. The van der Waals surface area contributed by atoms with Crippen molar-refractivity contribution in [3.05, 3.63) is 36.3 Å². The van der Waals surface area contributed by atoms with E-state index in [0.29, 0.717) is 18.8 Å². The average Bonchev–Trinajstić information content (AvgIpc) is 3.23. The molecule has 2 rings (SSSR count). The van der Waals surface area contributed by atoms with Crippen LogP contribution in [0, 0.1) is 11.3 Å². The number of aromatic nitrogens is 4. The zero-order valence-corrected chi connectivity index (χ0v) is 16.9. The number of benzene rings is 1. The van der Waals surface area contributed by atoms with Crippen LogP contribution in [0.4, 0.5) is 5.69 Å². The molecular formula is C18H25N7O2S. The van der Waals surface area contributed by atoms with E-state index < -0.39 is 10.0 Å². The summed E-state index contributed by atoms with van der Waals surface area (Å²) in [5.41, 5.74) is 0.847. The van der Waals surface area contributed by atoms with E-state index in [1.165, 1.54) is 6.20 Å². The highest BCUT2D eigenvalue weighted by molar-refractivity contribution is 7.89. The fraction of sp³-hybridized carbons (Fsp3) is 0.444. The molecule has 0 radical (unpaired) electrons. The van der Waals surface area contributed by atoms with Gasteiger partial charge in [-0.25, -0.2) is 8.42 Å². The number of H-pyrrole nitrogens is 1. The Morgan fingerprint density at radius 3 is 2.36 bits per heavy atom. The molecular weight excluding hydrogens is 378 g/mol. The van der Waals surface area contributed by atoms with Crippen molar-refractivity contribution in [3.63, 3.8) is 0 Å². The molecule has 0 unspecified atom stereocenters. The van der Waals surface area contributed by atoms with Gasteiger partial charge in [0.15, 0.2) is 0 Å². The van der Waals surface area contributed by atoms with Crippen LogP contribution < -0.4 is 5.32 Å². The third-order valence-corrected chi connectivity index (χ3v) is 6.02. The van der Waals surface area contributed by atoms with E-state index in [-0.39, 0.29) is 16.3 Å². The lowest BCUT2D eigenvalue weighted by Crippen LogP contribution is -2.33. The van der Waals surface area contributed by atoms with Crippen LogP contribution in [0.15, 0.2) is 35.4 Å². The molecule has 0 aliphatic heterocycles. The standard InChI is InChI=1S/C18H25N7O2S/c1-3-5-11-25(12-6-4-2)28(26,27)17-9-7-16(8-10-17)20-14-15(13-19)18-21-23-24-22-18/h7-10,14,20H,3-6,11-12H2,1-2H3,(H,21,22,23,24). The van der Waals surface area contributed by atoms with Gasteiger partial charge in [-0.3, -0.25) is 0 Å². The quantitative estimate of drug-likeness (QED) is 0.552. The number of unbranched alkanes of at least 4 members (excludes halogenated alkanes) is 2. The number of anilines is 1. The summed E-state index contributed by atoms with van der Waals surface area (Å²) in [6, 6.07) is 8.43. The monoisotopic (exact) mass is 403 g/mol. The second-order valence-electron chi connectivity index (χ2n) is 6.19. The summed E-state index contributed by atoms with van der Waals surface area (Å²) in [6.45, 7) is 5.14. The Morgan fingerprint density at radius 2 is 1.86 bits per heavy atom. The minimum atomic E-state index is -3.53. The topological polar surface area (TPSA) is 128 Å². The molecule has 1 aromatic carbocycles. The molecule has 0 atom stereocenters. The summed E-state index contributed by atoms with van der Waals surface area (Å²) < 4.78 is 27.5. The first-order chi connectivity index (χ1) is 13.5. The van der Waals surface area contributed by atoms with E-state index in [0.717, 1.165) is 25.7 Å². The Kier molecular flexibility index (Phi) is 8.10. The number of rotatable bonds is 11. The predicted molar refractivity (Wildman–Crippen MR) is 106 cm³/mol. The van der Waals surface area contributed by atoms with Crippen molar-refractivity contribution < 1.29 is 8.42 Å². The maximum absolute atomic E-state index is 12.9. The number of aromatic amines is 1. The number of nitriles is 1. The molecule has 0 spiro atoms. The first kappa shape index (κ1) is 21.5. The van der Waals surface area contributed by atoms with Gasteiger partial charge in [-0.15, -0.1) is 10.2 Å². The fourth-order valence-corrected chi connectivity index (χ4v) is 3.99. The largest absolute Gasteiger partial charge is 0.360 e. The molecule has 0 saturated carbocycles. The lowest BCUT2D eigenvalue weighted by molar-refractivity contribution is 0.395. The van der Waals surface area contributed by atoms with Crippen LogP contribution in [0.1, 0.15) is 45.4 Å². The highest BCUT2D eigenvalue weighted by atomic mass is 32.2. The number of hydrogen-bond acceptors (Lipinski definition) is 7. The number of nitrogens with one attached hydrogen (secondary N) is 2. The van der Waals surface area contributed by atoms with E-state index in [2.05, 4.69) is 25.9 Å². The van der Waals surface area contributed by atoms with Gasteiger partial charge in [0.1, 0.15) is 11.6 Å². The molecule has 1 heterocycles. The Morgan fingerprint density at radius 1 is 1.21 bits per heavy atom. The summed E-state index contributed by atoms with van der Waals surface area (Å²) in [6.07, 6.45) is 4.99. The van der Waals surface area contributed by atoms with E-state index in [1.807, 2.05) is 19.9 Å². The fourth-order valence-electron chi connectivity index (χ4n) is 2.47. The summed E-state index contributed by atoms with van der Waals surface area (Å²) in [7, 11) is -3.53. The summed E-state index contributed by atoms with van der Waals surface area (Å²) in [5.74, 6) is 0.177. The molecule has 2 N–H and O–H groups in total. The smallest absolute Gasteiger partial charge is 0.243 e. The van der Waals surface area contributed by atoms with Gasteiger partial charge in [0.2, 0.25) is 15.8 Å². The highest BCUT2D eigenvalue weighted by Gasteiger charge is 2.23. The minimum absolute atomic E-state index is 0.177. The molecule has 0 fully saturated rings. The summed E-state index contributed by atoms with van der Waals surface area (Å²) in [5, 5.41) is 25.3. The van der Waals surface area contributed by atoms with Crippen LogP contribution >= 0.6 is 0 Å². The van der Waals surface area contributed by atoms with Gasteiger partial charge in [0.05, 0.1) is 4.90 Å². The Balaban J connectivity index is 2.14. The van der Waals surface area contributed by atoms with Gasteiger partial charge < -0.3 is 5.32 Å².